The van der Waals surface area contributed by atoms with Crippen LogP contribution >= 0.6 is 11.6 Å². The molecule has 0 spiro atoms. The van der Waals surface area contributed by atoms with Gasteiger partial charge in [0.1, 0.15) is 5.58 Å². The Morgan fingerprint density at radius 2 is 1.83 bits per heavy atom. The minimum Gasteiger partial charge on any atom is -0.465 e. The fraction of sp³-hybridized carbons (Fsp3) is 0.370. The molecule has 1 aliphatic heterocycles. The fourth-order valence-corrected chi connectivity index (χ4v) is 4.81. The number of benzene rings is 2. The Bertz CT molecular complexity index is 1330. The number of nitrogens with zero attached hydrogens (tertiary/aromatic N) is 2. The van der Waals surface area contributed by atoms with E-state index in [9.17, 15) is 14.4 Å². The van der Waals surface area contributed by atoms with Gasteiger partial charge in [-0.05, 0) is 68.4 Å². The highest BCUT2D eigenvalue weighted by Gasteiger charge is 2.42. The molecular weight excluding hydrogens is 468 g/mol. The van der Waals surface area contributed by atoms with Gasteiger partial charge in [0.2, 0.25) is 5.76 Å². The number of aryl methyl sites for hydroxylation is 1. The molecule has 1 aromatic heterocycles. The first kappa shape index (κ1) is 24.9. The Morgan fingerprint density at radius 3 is 2.46 bits per heavy atom. The number of fused-ring (bicyclic) bond motifs is 2. The first-order valence-electron chi connectivity index (χ1n) is 11.8. The summed E-state index contributed by atoms with van der Waals surface area (Å²) in [5, 5.41) is 0.803. The lowest BCUT2D eigenvalue weighted by molar-refractivity contribution is 0.0599. The van der Waals surface area contributed by atoms with E-state index in [0.717, 1.165) is 37.2 Å². The van der Waals surface area contributed by atoms with Crippen molar-refractivity contribution in [2.24, 2.45) is 0 Å². The summed E-state index contributed by atoms with van der Waals surface area (Å²) in [6.45, 7) is 9.17. The normalized spacial score (nSPS) is 15.2. The Labute approximate surface area is 209 Å². The summed E-state index contributed by atoms with van der Waals surface area (Å²) in [7, 11) is 1.32. The molecule has 0 bridgehead atoms. The molecule has 35 heavy (non-hydrogen) atoms. The van der Waals surface area contributed by atoms with E-state index in [4.69, 9.17) is 20.8 Å². The molecule has 1 unspecified atom stereocenters. The zero-order valence-electron chi connectivity index (χ0n) is 20.4. The third kappa shape index (κ3) is 4.58. The van der Waals surface area contributed by atoms with E-state index in [1.165, 1.54) is 7.11 Å². The van der Waals surface area contributed by atoms with Crippen molar-refractivity contribution in [1.29, 1.82) is 0 Å². The van der Waals surface area contributed by atoms with Crippen LogP contribution in [0, 0.1) is 6.92 Å². The van der Waals surface area contributed by atoms with Crippen molar-refractivity contribution >= 4 is 34.4 Å². The quantitative estimate of drug-likeness (QED) is 0.416. The van der Waals surface area contributed by atoms with Crippen LogP contribution in [-0.4, -0.2) is 55.0 Å². The summed E-state index contributed by atoms with van der Waals surface area (Å²) in [5.74, 6) is -0.701. The number of ether oxygens (including phenoxy) is 1. The van der Waals surface area contributed by atoms with Gasteiger partial charge < -0.3 is 19.0 Å². The lowest BCUT2D eigenvalue weighted by atomic mass is 9.97. The molecule has 1 aliphatic rings. The maximum absolute atomic E-state index is 13.7. The molecule has 7 nitrogen and oxygen atoms in total. The fourth-order valence-electron chi connectivity index (χ4n) is 4.64. The topological polar surface area (TPSA) is 80.1 Å². The SMILES string of the molecule is CCN(CC)CCCN1C(=O)c2oc3cc(C)c(Cl)cc3c(=O)c2C1c1ccc(C(=O)OC)cc1. The van der Waals surface area contributed by atoms with E-state index >= 15 is 0 Å². The van der Waals surface area contributed by atoms with Crippen LogP contribution < -0.4 is 5.43 Å². The maximum Gasteiger partial charge on any atom is 0.337 e. The second kappa shape index (κ2) is 10.2. The molecule has 8 heteroatoms. The number of hydrogen-bond donors (Lipinski definition) is 0. The van der Waals surface area contributed by atoms with Crippen LogP contribution in [0.25, 0.3) is 11.0 Å². The van der Waals surface area contributed by atoms with Gasteiger partial charge in [0, 0.05) is 11.6 Å². The smallest absolute Gasteiger partial charge is 0.337 e. The van der Waals surface area contributed by atoms with Crippen molar-refractivity contribution in [3.63, 3.8) is 0 Å². The number of esters is 1. The second-order valence-electron chi connectivity index (χ2n) is 8.67. The largest absolute Gasteiger partial charge is 0.465 e. The summed E-state index contributed by atoms with van der Waals surface area (Å²) in [6.07, 6.45) is 0.747. The van der Waals surface area contributed by atoms with Crippen LogP contribution in [0.15, 0.2) is 45.6 Å². The zero-order chi connectivity index (χ0) is 25.3. The molecule has 0 fully saturated rings. The minimum atomic E-state index is -0.623. The zero-order valence-corrected chi connectivity index (χ0v) is 21.1. The highest BCUT2D eigenvalue weighted by Crippen LogP contribution is 2.39. The van der Waals surface area contributed by atoms with Gasteiger partial charge >= 0.3 is 5.97 Å². The van der Waals surface area contributed by atoms with E-state index in [-0.39, 0.29) is 17.1 Å². The van der Waals surface area contributed by atoms with Crippen molar-refractivity contribution in [3.05, 3.63) is 79.7 Å². The van der Waals surface area contributed by atoms with Crippen molar-refractivity contribution < 1.29 is 18.7 Å². The summed E-state index contributed by atoms with van der Waals surface area (Å²) in [5.41, 5.74) is 2.24. The third-order valence-corrected chi connectivity index (χ3v) is 7.07. The van der Waals surface area contributed by atoms with Gasteiger partial charge in [-0.2, -0.15) is 0 Å². The van der Waals surface area contributed by atoms with E-state index in [2.05, 4.69) is 18.7 Å². The average molecular weight is 497 g/mol. The lowest BCUT2D eigenvalue weighted by Gasteiger charge is -2.26. The van der Waals surface area contributed by atoms with E-state index in [1.807, 2.05) is 6.92 Å². The highest BCUT2D eigenvalue weighted by molar-refractivity contribution is 6.32. The summed E-state index contributed by atoms with van der Waals surface area (Å²) < 4.78 is 10.8. The molecule has 3 aromatic rings. The molecular formula is C27H29ClN2O5. The summed E-state index contributed by atoms with van der Waals surface area (Å²) in [6, 6.07) is 9.45. The van der Waals surface area contributed by atoms with Crippen LogP contribution in [0.4, 0.5) is 0 Å². The van der Waals surface area contributed by atoms with E-state index in [1.54, 1.807) is 41.3 Å². The molecule has 0 aliphatic carbocycles. The first-order valence-corrected chi connectivity index (χ1v) is 12.2. The summed E-state index contributed by atoms with van der Waals surface area (Å²) in [4.78, 5) is 43.1. The number of rotatable bonds is 8. The first-order chi connectivity index (χ1) is 16.8. The number of methoxy groups -OCH3 is 1. The molecule has 184 valence electrons. The van der Waals surface area contributed by atoms with Gasteiger partial charge in [-0.15, -0.1) is 0 Å². The third-order valence-electron chi connectivity index (χ3n) is 6.66. The number of halogens is 1. The molecule has 0 N–H and O–H groups in total. The number of carbonyl (C=O) groups excluding carboxylic acids is 2. The summed E-state index contributed by atoms with van der Waals surface area (Å²) >= 11 is 6.30. The molecule has 0 saturated heterocycles. The van der Waals surface area contributed by atoms with Crippen molar-refractivity contribution in [1.82, 2.24) is 9.80 Å². The van der Waals surface area contributed by atoms with Gasteiger partial charge in [0.25, 0.3) is 5.91 Å². The lowest BCUT2D eigenvalue weighted by Crippen LogP contribution is -2.33. The molecule has 2 aromatic carbocycles. The van der Waals surface area contributed by atoms with Crippen molar-refractivity contribution in [2.45, 2.75) is 33.2 Å². The van der Waals surface area contributed by atoms with Crippen LogP contribution in [0.5, 0.6) is 0 Å². The molecule has 0 radical (unpaired) electrons. The number of carbonyl (C=O) groups is 2. The molecule has 0 saturated carbocycles. The van der Waals surface area contributed by atoms with Gasteiger partial charge in [0.15, 0.2) is 5.43 Å². The Hall–Kier alpha value is -3.16. The Balaban J connectivity index is 1.81. The standard InChI is InChI=1S/C27H29ClN2O5/c1-5-29(6-2)12-7-13-30-23(17-8-10-18(11-9-17)27(33)34-4)22-24(31)19-15-20(28)16(3)14-21(19)35-25(22)26(30)32/h8-11,14-15,23H,5-7,12-13H2,1-4H3. The minimum absolute atomic E-state index is 0.0640. The van der Waals surface area contributed by atoms with Crippen molar-refractivity contribution in [3.8, 4) is 0 Å². The van der Waals surface area contributed by atoms with Crippen LogP contribution in [0.1, 0.15) is 63.9 Å². The van der Waals surface area contributed by atoms with Gasteiger partial charge in [-0.3, -0.25) is 9.59 Å². The predicted octanol–water partition coefficient (Wildman–Crippen LogP) is 4.82. The van der Waals surface area contributed by atoms with Crippen LogP contribution in [0.3, 0.4) is 0 Å². The van der Waals surface area contributed by atoms with E-state index in [0.29, 0.717) is 33.7 Å². The van der Waals surface area contributed by atoms with Gasteiger partial charge in [-0.25, -0.2) is 4.79 Å². The van der Waals surface area contributed by atoms with Gasteiger partial charge in [0.05, 0.1) is 29.7 Å². The monoisotopic (exact) mass is 496 g/mol. The average Bonchev–Trinajstić information content (AvgIpc) is 3.14. The number of hydrogen-bond acceptors (Lipinski definition) is 6. The van der Waals surface area contributed by atoms with Crippen molar-refractivity contribution in [2.75, 3.05) is 33.3 Å². The van der Waals surface area contributed by atoms with Crippen LogP contribution in [0.2, 0.25) is 5.02 Å². The highest BCUT2D eigenvalue weighted by atomic mass is 35.5. The molecule has 1 atom stereocenters. The molecule has 4 rings (SSSR count). The van der Waals surface area contributed by atoms with E-state index < -0.39 is 12.0 Å². The molecule has 2 heterocycles. The van der Waals surface area contributed by atoms with Gasteiger partial charge in [-0.1, -0.05) is 37.6 Å². The second-order valence-corrected chi connectivity index (χ2v) is 9.07. The number of amides is 1. The predicted molar refractivity (Wildman–Crippen MR) is 135 cm³/mol. The molecule has 1 amide bonds. The Kier molecular flexibility index (Phi) is 7.28. The van der Waals surface area contributed by atoms with Crippen LogP contribution in [-0.2, 0) is 4.74 Å². The Morgan fingerprint density at radius 1 is 1.14 bits per heavy atom. The maximum atomic E-state index is 13.7.